The minimum absolute atomic E-state index is 0.323. The number of benzene rings is 1. The van der Waals surface area contributed by atoms with E-state index in [9.17, 15) is 4.79 Å². The first kappa shape index (κ1) is 14.3. The van der Waals surface area contributed by atoms with Crippen molar-refractivity contribution in [2.45, 2.75) is 19.3 Å². The summed E-state index contributed by atoms with van der Waals surface area (Å²) < 4.78 is 0.888. The standard InChI is InChI=1S/C14H19BrN2O2/c15-11-4-5-12(14(18)19)13(10-11)16-6-3-9-17-7-1-2-8-17/h4-5,10,16H,1-3,6-9H2,(H,18,19). The van der Waals surface area contributed by atoms with Crippen molar-refractivity contribution >= 4 is 27.6 Å². The Balaban J connectivity index is 1.84. The Labute approximate surface area is 121 Å². The molecule has 1 saturated heterocycles. The third kappa shape index (κ3) is 4.21. The molecular weight excluding hydrogens is 308 g/mol. The third-order valence-electron chi connectivity index (χ3n) is 3.38. The van der Waals surface area contributed by atoms with Crippen molar-refractivity contribution in [1.29, 1.82) is 0 Å². The number of nitrogens with zero attached hydrogens (tertiary/aromatic N) is 1. The van der Waals surface area contributed by atoms with Crippen LogP contribution in [0.15, 0.2) is 22.7 Å². The first-order valence-corrected chi connectivity index (χ1v) is 7.45. The molecule has 2 N–H and O–H groups in total. The number of hydrogen-bond donors (Lipinski definition) is 2. The molecule has 0 aromatic heterocycles. The second-order valence-corrected chi connectivity index (χ2v) is 5.74. The molecule has 0 bridgehead atoms. The maximum Gasteiger partial charge on any atom is 0.337 e. The van der Waals surface area contributed by atoms with Gasteiger partial charge in [-0.2, -0.15) is 0 Å². The van der Waals surface area contributed by atoms with E-state index >= 15 is 0 Å². The molecule has 0 radical (unpaired) electrons. The van der Waals surface area contributed by atoms with Crippen molar-refractivity contribution in [3.63, 3.8) is 0 Å². The van der Waals surface area contributed by atoms with Crippen LogP contribution in [0.4, 0.5) is 5.69 Å². The van der Waals surface area contributed by atoms with Gasteiger partial charge in [0.1, 0.15) is 0 Å². The van der Waals surface area contributed by atoms with Crippen LogP contribution < -0.4 is 5.32 Å². The normalized spacial score (nSPS) is 15.6. The van der Waals surface area contributed by atoms with Crippen LogP contribution in [0.25, 0.3) is 0 Å². The van der Waals surface area contributed by atoms with Crippen molar-refractivity contribution in [2.75, 3.05) is 31.5 Å². The summed E-state index contributed by atoms with van der Waals surface area (Å²) in [4.78, 5) is 13.6. The van der Waals surface area contributed by atoms with Crippen molar-refractivity contribution in [2.24, 2.45) is 0 Å². The molecule has 104 valence electrons. The summed E-state index contributed by atoms with van der Waals surface area (Å²) in [5.41, 5.74) is 1.01. The minimum Gasteiger partial charge on any atom is -0.478 e. The van der Waals surface area contributed by atoms with Crippen molar-refractivity contribution in [3.05, 3.63) is 28.2 Å². The van der Waals surface area contributed by atoms with Gasteiger partial charge in [-0.05, 0) is 57.1 Å². The summed E-state index contributed by atoms with van der Waals surface area (Å²) in [6.45, 7) is 4.30. The van der Waals surface area contributed by atoms with Crippen LogP contribution in [0.2, 0.25) is 0 Å². The molecule has 0 amide bonds. The highest BCUT2D eigenvalue weighted by atomic mass is 79.9. The van der Waals surface area contributed by atoms with Gasteiger partial charge in [-0.25, -0.2) is 4.79 Å². The smallest absolute Gasteiger partial charge is 0.337 e. The Morgan fingerprint density at radius 2 is 2.11 bits per heavy atom. The lowest BCUT2D eigenvalue weighted by Crippen LogP contribution is -2.22. The number of carbonyl (C=O) groups is 1. The molecule has 0 aliphatic carbocycles. The number of nitrogens with one attached hydrogen (secondary N) is 1. The lowest BCUT2D eigenvalue weighted by atomic mass is 10.2. The Morgan fingerprint density at radius 1 is 1.37 bits per heavy atom. The van der Waals surface area contributed by atoms with Crippen LogP contribution in [0.5, 0.6) is 0 Å². The molecule has 1 aromatic carbocycles. The zero-order valence-corrected chi connectivity index (χ0v) is 12.4. The number of hydrogen-bond acceptors (Lipinski definition) is 3. The molecule has 0 atom stereocenters. The molecule has 1 heterocycles. The number of likely N-dealkylation sites (tertiary alicyclic amines) is 1. The predicted octanol–water partition coefficient (Wildman–Crippen LogP) is 3.05. The molecule has 1 aliphatic heterocycles. The highest BCUT2D eigenvalue weighted by Gasteiger charge is 2.12. The van der Waals surface area contributed by atoms with Crippen molar-refractivity contribution in [3.8, 4) is 0 Å². The summed E-state index contributed by atoms with van der Waals surface area (Å²) in [5.74, 6) is -0.894. The molecule has 1 aliphatic rings. The van der Waals surface area contributed by atoms with Gasteiger partial charge in [0.25, 0.3) is 0 Å². The highest BCUT2D eigenvalue weighted by molar-refractivity contribution is 9.10. The van der Waals surface area contributed by atoms with Crippen LogP contribution in [0.1, 0.15) is 29.6 Å². The lowest BCUT2D eigenvalue weighted by molar-refractivity contribution is 0.0698. The van der Waals surface area contributed by atoms with Gasteiger partial charge >= 0.3 is 5.97 Å². The van der Waals surface area contributed by atoms with Crippen LogP contribution in [-0.4, -0.2) is 42.2 Å². The van der Waals surface area contributed by atoms with Gasteiger partial charge in [0.2, 0.25) is 0 Å². The molecule has 19 heavy (non-hydrogen) atoms. The molecule has 0 unspecified atom stereocenters. The maximum absolute atomic E-state index is 11.1. The van der Waals surface area contributed by atoms with E-state index < -0.39 is 5.97 Å². The van der Waals surface area contributed by atoms with E-state index in [-0.39, 0.29) is 0 Å². The molecule has 5 heteroatoms. The molecule has 1 aromatic rings. The Kier molecular flexibility index (Phi) is 5.22. The fourth-order valence-corrected chi connectivity index (χ4v) is 2.74. The Hall–Kier alpha value is -1.07. The van der Waals surface area contributed by atoms with Crippen molar-refractivity contribution in [1.82, 2.24) is 4.90 Å². The summed E-state index contributed by atoms with van der Waals surface area (Å²) >= 11 is 3.37. The Morgan fingerprint density at radius 3 is 2.79 bits per heavy atom. The van der Waals surface area contributed by atoms with E-state index in [1.54, 1.807) is 12.1 Å². The van der Waals surface area contributed by atoms with Crippen molar-refractivity contribution < 1.29 is 9.90 Å². The Bertz CT molecular complexity index is 445. The second-order valence-electron chi connectivity index (χ2n) is 4.82. The third-order valence-corrected chi connectivity index (χ3v) is 3.87. The number of carboxylic acid groups (broad SMARTS) is 1. The van der Waals surface area contributed by atoms with E-state index in [1.807, 2.05) is 6.07 Å². The van der Waals surface area contributed by atoms with Gasteiger partial charge in [0.15, 0.2) is 0 Å². The largest absolute Gasteiger partial charge is 0.478 e. The fraction of sp³-hybridized carbons (Fsp3) is 0.500. The number of halogens is 1. The SMILES string of the molecule is O=C(O)c1ccc(Br)cc1NCCCN1CCCC1. The van der Waals surface area contributed by atoms with Gasteiger partial charge < -0.3 is 15.3 Å². The zero-order valence-electron chi connectivity index (χ0n) is 10.9. The lowest BCUT2D eigenvalue weighted by Gasteiger charge is -2.15. The highest BCUT2D eigenvalue weighted by Crippen LogP contribution is 2.21. The average molecular weight is 327 g/mol. The topological polar surface area (TPSA) is 52.6 Å². The second kappa shape index (κ2) is 6.91. The molecular formula is C14H19BrN2O2. The fourth-order valence-electron chi connectivity index (χ4n) is 2.38. The quantitative estimate of drug-likeness (QED) is 0.789. The van der Waals surface area contributed by atoms with E-state index in [0.717, 1.165) is 24.0 Å². The van der Waals surface area contributed by atoms with Gasteiger partial charge in [-0.15, -0.1) is 0 Å². The first-order valence-electron chi connectivity index (χ1n) is 6.66. The average Bonchev–Trinajstić information content (AvgIpc) is 2.87. The van der Waals surface area contributed by atoms with E-state index in [0.29, 0.717) is 11.3 Å². The van der Waals surface area contributed by atoms with Crippen LogP contribution in [0, 0.1) is 0 Å². The molecule has 0 spiro atoms. The molecule has 0 saturated carbocycles. The van der Waals surface area contributed by atoms with Crippen LogP contribution in [-0.2, 0) is 0 Å². The van der Waals surface area contributed by atoms with E-state index in [1.165, 1.54) is 25.9 Å². The monoisotopic (exact) mass is 326 g/mol. The van der Waals surface area contributed by atoms with Crippen LogP contribution in [0.3, 0.4) is 0 Å². The van der Waals surface area contributed by atoms with Gasteiger partial charge in [-0.1, -0.05) is 15.9 Å². The predicted molar refractivity (Wildman–Crippen MR) is 79.9 cm³/mol. The number of aromatic carboxylic acids is 1. The number of carboxylic acids is 1. The van der Waals surface area contributed by atoms with E-state index in [2.05, 4.69) is 26.1 Å². The molecule has 4 nitrogen and oxygen atoms in total. The number of anilines is 1. The summed E-state index contributed by atoms with van der Waals surface area (Å²) in [6, 6.07) is 5.19. The summed E-state index contributed by atoms with van der Waals surface area (Å²) in [6.07, 6.45) is 3.65. The van der Waals surface area contributed by atoms with Gasteiger partial charge in [0.05, 0.1) is 5.56 Å². The summed E-state index contributed by atoms with van der Waals surface area (Å²) in [7, 11) is 0. The maximum atomic E-state index is 11.1. The van der Waals surface area contributed by atoms with E-state index in [4.69, 9.17) is 5.11 Å². The minimum atomic E-state index is -0.894. The summed E-state index contributed by atoms with van der Waals surface area (Å²) in [5, 5.41) is 12.3. The van der Waals surface area contributed by atoms with Gasteiger partial charge in [0, 0.05) is 16.7 Å². The molecule has 1 fully saturated rings. The first-order chi connectivity index (χ1) is 9.16. The number of rotatable bonds is 6. The molecule has 2 rings (SSSR count). The van der Waals surface area contributed by atoms with Gasteiger partial charge in [-0.3, -0.25) is 0 Å². The zero-order chi connectivity index (χ0) is 13.7. The van der Waals surface area contributed by atoms with Crippen LogP contribution >= 0.6 is 15.9 Å².